The Kier molecular flexibility index (Phi) is 5.52. The second-order valence-corrected chi connectivity index (χ2v) is 6.67. The molecule has 1 aliphatic heterocycles. The van der Waals surface area contributed by atoms with E-state index in [2.05, 4.69) is 15.8 Å². The van der Waals surface area contributed by atoms with Gasteiger partial charge in [0.15, 0.2) is 0 Å². The van der Waals surface area contributed by atoms with Gasteiger partial charge in [-0.15, -0.1) is 0 Å². The quantitative estimate of drug-likeness (QED) is 0.640. The van der Waals surface area contributed by atoms with Crippen molar-refractivity contribution in [3.05, 3.63) is 95.8 Å². The van der Waals surface area contributed by atoms with Crippen molar-refractivity contribution in [3.63, 3.8) is 0 Å². The molecule has 0 aromatic heterocycles. The lowest BCUT2D eigenvalue weighted by molar-refractivity contribution is -0.119. The van der Waals surface area contributed by atoms with Crippen molar-refractivity contribution in [1.29, 1.82) is 0 Å². The minimum atomic E-state index is -0.322. The molecule has 0 spiro atoms. The molecule has 0 radical (unpaired) electrons. The van der Waals surface area contributed by atoms with Crippen LogP contribution in [-0.2, 0) is 4.79 Å². The lowest BCUT2D eigenvalue weighted by Crippen LogP contribution is -2.29. The van der Waals surface area contributed by atoms with Crippen molar-refractivity contribution in [1.82, 2.24) is 5.43 Å². The molecule has 2 N–H and O–H groups in total. The smallest absolute Gasteiger partial charge is 0.259 e. The standard InChI is InChI=1S/C23H20FN3O2/c24-17-10-12-18(13-11-17)25-15-23(28)27-26-20-14-22(16-6-2-1-3-7-16)29-21-9-5-4-8-19(20)21/h1-13,22,25H,14-15H2,(H,27,28)/b26-20+. The van der Waals surface area contributed by atoms with Gasteiger partial charge in [-0.2, -0.15) is 5.10 Å². The Morgan fingerprint density at radius 2 is 1.72 bits per heavy atom. The number of nitrogens with one attached hydrogen (secondary N) is 2. The summed E-state index contributed by atoms with van der Waals surface area (Å²) in [5.74, 6) is 0.129. The number of rotatable bonds is 5. The Morgan fingerprint density at radius 3 is 2.52 bits per heavy atom. The zero-order chi connectivity index (χ0) is 20.1. The number of amides is 1. The average Bonchev–Trinajstić information content (AvgIpc) is 2.77. The molecule has 0 saturated heterocycles. The van der Waals surface area contributed by atoms with Gasteiger partial charge in [0.25, 0.3) is 5.91 Å². The summed E-state index contributed by atoms with van der Waals surface area (Å²) in [5, 5.41) is 7.30. The number of halogens is 1. The van der Waals surface area contributed by atoms with Crippen LogP contribution in [0.5, 0.6) is 5.75 Å². The highest BCUT2D eigenvalue weighted by atomic mass is 19.1. The molecule has 3 aromatic rings. The van der Waals surface area contributed by atoms with Gasteiger partial charge in [0.2, 0.25) is 0 Å². The topological polar surface area (TPSA) is 62.7 Å². The fraction of sp³-hybridized carbons (Fsp3) is 0.130. The van der Waals surface area contributed by atoms with Crippen LogP contribution in [0.3, 0.4) is 0 Å². The van der Waals surface area contributed by atoms with E-state index in [-0.39, 0.29) is 24.4 Å². The summed E-state index contributed by atoms with van der Waals surface area (Å²) < 4.78 is 19.1. The minimum Gasteiger partial charge on any atom is -0.485 e. The number of ether oxygens (including phenoxy) is 1. The van der Waals surface area contributed by atoms with Crippen LogP contribution in [0.4, 0.5) is 10.1 Å². The summed E-state index contributed by atoms with van der Waals surface area (Å²) in [6, 6.07) is 23.4. The fourth-order valence-electron chi connectivity index (χ4n) is 3.17. The molecule has 3 aromatic carbocycles. The second-order valence-electron chi connectivity index (χ2n) is 6.67. The van der Waals surface area contributed by atoms with Crippen LogP contribution in [0.25, 0.3) is 0 Å². The molecule has 29 heavy (non-hydrogen) atoms. The Bertz CT molecular complexity index is 1020. The number of nitrogens with zero attached hydrogens (tertiary/aromatic N) is 1. The van der Waals surface area contributed by atoms with E-state index in [0.29, 0.717) is 12.1 Å². The van der Waals surface area contributed by atoms with Gasteiger partial charge in [0, 0.05) is 17.7 Å². The summed E-state index contributed by atoms with van der Waals surface area (Å²) in [6.45, 7) is 0.0304. The number of para-hydroxylation sites is 1. The first-order valence-corrected chi connectivity index (χ1v) is 9.35. The molecule has 1 unspecified atom stereocenters. The van der Waals surface area contributed by atoms with Crippen molar-refractivity contribution >= 4 is 17.3 Å². The molecule has 5 nitrogen and oxygen atoms in total. The van der Waals surface area contributed by atoms with Gasteiger partial charge >= 0.3 is 0 Å². The zero-order valence-electron chi connectivity index (χ0n) is 15.6. The van der Waals surface area contributed by atoms with Crippen LogP contribution in [0, 0.1) is 5.82 Å². The predicted molar refractivity (Wildman–Crippen MR) is 110 cm³/mol. The maximum atomic E-state index is 13.0. The third kappa shape index (κ3) is 4.60. The van der Waals surface area contributed by atoms with E-state index in [9.17, 15) is 9.18 Å². The van der Waals surface area contributed by atoms with E-state index in [1.807, 2.05) is 54.6 Å². The molecule has 0 bridgehead atoms. The lowest BCUT2D eigenvalue weighted by atomic mass is 9.96. The normalized spacial score (nSPS) is 16.6. The number of benzene rings is 3. The summed E-state index contributed by atoms with van der Waals surface area (Å²) >= 11 is 0. The first kappa shape index (κ1) is 18.7. The number of hydrogen-bond donors (Lipinski definition) is 2. The van der Waals surface area contributed by atoms with E-state index in [4.69, 9.17) is 4.74 Å². The summed E-state index contributed by atoms with van der Waals surface area (Å²) in [6.07, 6.45) is 0.381. The molecule has 0 saturated carbocycles. The number of carbonyl (C=O) groups excluding carboxylic acids is 1. The fourth-order valence-corrected chi connectivity index (χ4v) is 3.17. The SMILES string of the molecule is O=C(CNc1ccc(F)cc1)N/N=C1\CC(c2ccccc2)Oc2ccccc21. The van der Waals surface area contributed by atoms with Crippen molar-refractivity contribution < 1.29 is 13.9 Å². The highest BCUT2D eigenvalue weighted by Gasteiger charge is 2.26. The molecule has 146 valence electrons. The van der Waals surface area contributed by atoms with Crippen molar-refractivity contribution in [2.75, 3.05) is 11.9 Å². The third-order valence-corrected chi connectivity index (χ3v) is 4.63. The largest absolute Gasteiger partial charge is 0.485 e. The molecule has 6 heteroatoms. The van der Waals surface area contributed by atoms with Crippen molar-refractivity contribution in [2.45, 2.75) is 12.5 Å². The summed E-state index contributed by atoms with van der Waals surface area (Å²) in [5.41, 5.74) is 5.95. The molecule has 0 fully saturated rings. The number of anilines is 1. The molecule has 1 atom stereocenters. The van der Waals surface area contributed by atoms with Gasteiger partial charge in [-0.05, 0) is 42.0 Å². The monoisotopic (exact) mass is 389 g/mol. The maximum Gasteiger partial charge on any atom is 0.259 e. The molecule has 1 amide bonds. The van der Waals surface area contributed by atoms with Gasteiger partial charge < -0.3 is 10.1 Å². The minimum absolute atomic E-state index is 0.0304. The Labute approximate surface area is 168 Å². The Balaban J connectivity index is 1.46. The maximum absolute atomic E-state index is 13.0. The number of hydrazone groups is 1. The van der Waals surface area contributed by atoms with E-state index < -0.39 is 0 Å². The lowest BCUT2D eigenvalue weighted by Gasteiger charge is -2.27. The molecular weight excluding hydrogens is 369 g/mol. The zero-order valence-corrected chi connectivity index (χ0v) is 15.6. The second kappa shape index (κ2) is 8.56. The summed E-state index contributed by atoms with van der Waals surface area (Å²) in [7, 11) is 0. The van der Waals surface area contributed by atoms with E-state index in [1.165, 1.54) is 12.1 Å². The van der Waals surface area contributed by atoms with E-state index in [0.717, 1.165) is 22.6 Å². The van der Waals surface area contributed by atoms with Crippen molar-refractivity contribution in [2.24, 2.45) is 5.10 Å². The summed E-state index contributed by atoms with van der Waals surface area (Å²) in [4.78, 5) is 12.2. The first-order valence-electron chi connectivity index (χ1n) is 9.35. The number of fused-ring (bicyclic) bond motifs is 1. The van der Waals surface area contributed by atoms with Gasteiger partial charge in [-0.1, -0.05) is 42.5 Å². The number of hydrogen-bond acceptors (Lipinski definition) is 4. The van der Waals surface area contributed by atoms with E-state index >= 15 is 0 Å². The van der Waals surface area contributed by atoms with Crippen LogP contribution in [-0.4, -0.2) is 18.2 Å². The predicted octanol–water partition coefficient (Wildman–Crippen LogP) is 4.28. The van der Waals surface area contributed by atoms with Gasteiger partial charge in [-0.25, -0.2) is 9.82 Å². The molecule has 1 heterocycles. The van der Waals surface area contributed by atoms with Gasteiger partial charge in [-0.3, -0.25) is 4.79 Å². The molecular formula is C23H20FN3O2. The molecule has 4 rings (SSSR count). The highest BCUT2D eigenvalue weighted by molar-refractivity contribution is 6.04. The van der Waals surface area contributed by atoms with Gasteiger partial charge in [0.1, 0.15) is 17.7 Å². The average molecular weight is 389 g/mol. The van der Waals surface area contributed by atoms with Crippen LogP contribution in [0.2, 0.25) is 0 Å². The van der Waals surface area contributed by atoms with Crippen LogP contribution in [0.15, 0.2) is 84.0 Å². The Hall–Kier alpha value is -3.67. The Morgan fingerprint density at radius 1 is 1.00 bits per heavy atom. The first-order chi connectivity index (χ1) is 14.2. The molecule has 1 aliphatic rings. The van der Waals surface area contributed by atoms with Crippen molar-refractivity contribution in [3.8, 4) is 5.75 Å². The van der Waals surface area contributed by atoms with Gasteiger partial charge in [0.05, 0.1) is 12.3 Å². The third-order valence-electron chi connectivity index (χ3n) is 4.63. The number of carbonyl (C=O) groups is 1. The van der Waals surface area contributed by atoms with E-state index in [1.54, 1.807) is 12.1 Å². The van der Waals surface area contributed by atoms with Crippen LogP contribution < -0.4 is 15.5 Å². The highest BCUT2D eigenvalue weighted by Crippen LogP contribution is 2.34. The molecule has 0 aliphatic carbocycles. The van der Waals surface area contributed by atoms with Crippen LogP contribution >= 0.6 is 0 Å². The van der Waals surface area contributed by atoms with Crippen LogP contribution in [0.1, 0.15) is 23.7 Å².